The second kappa shape index (κ2) is 8.63. The number of rotatable bonds is 5. The van der Waals surface area contributed by atoms with Crippen molar-refractivity contribution in [2.45, 2.75) is 18.9 Å². The SMILES string of the molecule is Fc1ccc(C2=NN(C(=S)NCCc3ccccc3)C(c3cccs3)C2)cc1. The molecule has 0 saturated carbocycles. The summed E-state index contributed by atoms with van der Waals surface area (Å²) in [6, 6.07) is 21.0. The number of thiocarbonyl (C=S) groups is 1. The number of nitrogens with zero attached hydrogens (tertiary/aromatic N) is 2. The number of hydrogen-bond acceptors (Lipinski definition) is 3. The van der Waals surface area contributed by atoms with Crippen LogP contribution in [0.15, 0.2) is 77.2 Å². The predicted octanol–water partition coefficient (Wildman–Crippen LogP) is 5.16. The zero-order valence-electron chi connectivity index (χ0n) is 15.2. The van der Waals surface area contributed by atoms with E-state index in [0.29, 0.717) is 5.11 Å². The molecule has 2 heterocycles. The molecule has 0 spiro atoms. The quantitative estimate of drug-likeness (QED) is 0.590. The van der Waals surface area contributed by atoms with E-state index in [9.17, 15) is 4.39 Å². The molecule has 1 N–H and O–H groups in total. The monoisotopic (exact) mass is 409 g/mol. The average molecular weight is 410 g/mol. The number of nitrogens with one attached hydrogen (secondary N) is 1. The first-order valence-electron chi connectivity index (χ1n) is 9.18. The van der Waals surface area contributed by atoms with Crippen molar-refractivity contribution in [1.82, 2.24) is 10.3 Å². The summed E-state index contributed by atoms with van der Waals surface area (Å²) in [4.78, 5) is 1.22. The van der Waals surface area contributed by atoms with Crippen LogP contribution in [0.2, 0.25) is 0 Å². The maximum Gasteiger partial charge on any atom is 0.190 e. The lowest BCUT2D eigenvalue weighted by atomic mass is 10.0. The van der Waals surface area contributed by atoms with Crippen LogP contribution >= 0.6 is 23.6 Å². The molecule has 1 aliphatic heterocycles. The molecule has 1 atom stereocenters. The van der Waals surface area contributed by atoms with E-state index in [0.717, 1.165) is 30.7 Å². The first kappa shape index (κ1) is 18.8. The Morgan fingerprint density at radius 2 is 1.89 bits per heavy atom. The van der Waals surface area contributed by atoms with E-state index in [1.54, 1.807) is 23.5 Å². The highest BCUT2D eigenvalue weighted by Crippen LogP contribution is 2.35. The summed E-state index contributed by atoms with van der Waals surface area (Å²) < 4.78 is 13.3. The Morgan fingerprint density at radius 3 is 2.61 bits per heavy atom. The molecular weight excluding hydrogens is 389 g/mol. The summed E-state index contributed by atoms with van der Waals surface area (Å²) in [5, 5.41) is 12.7. The van der Waals surface area contributed by atoms with Gasteiger partial charge in [-0.2, -0.15) is 5.10 Å². The van der Waals surface area contributed by atoms with Crippen molar-refractivity contribution < 1.29 is 4.39 Å². The van der Waals surface area contributed by atoms with Gasteiger partial charge in [0, 0.05) is 17.8 Å². The van der Waals surface area contributed by atoms with Crippen LogP contribution in [0.3, 0.4) is 0 Å². The zero-order valence-corrected chi connectivity index (χ0v) is 16.8. The minimum absolute atomic E-state index is 0.0665. The standard InChI is InChI=1S/C22H20FN3S2/c23-18-10-8-17(9-11-18)19-15-20(21-7-4-14-28-21)26(25-19)22(27)24-13-12-16-5-2-1-3-6-16/h1-11,14,20H,12-13,15H2,(H,24,27). The molecule has 142 valence electrons. The molecule has 0 radical (unpaired) electrons. The fourth-order valence-electron chi connectivity index (χ4n) is 3.26. The van der Waals surface area contributed by atoms with E-state index in [2.05, 4.69) is 28.9 Å². The van der Waals surface area contributed by atoms with Gasteiger partial charge in [-0.25, -0.2) is 9.40 Å². The van der Waals surface area contributed by atoms with Crippen LogP contribution < -0.4 is 5.32 Å². The molecule has 0 saturated heterocycles. The van der Waals surface area contributed by atoms with Crippen LogP contribution in [-0.4, -0.2) is 22.4 Å². The summed E-state index contributed by atoms with van der Waals surface area (Å²) >= 11 is 7.36. The number of thiophene rings is 1. The van der Waals surface area contributed by atoms with E-state index in [4.69, 9.17) is 17.3 Å². The molecule has 4 rings (SSSR count). The highest BCUT2D eigenvalue weighted by Gasteiger charge is 2.31. The lowest BCUT2D eigenvalue weighted by Gasteiger charge is -2.23. The van der Waals surface area contributed by atoms with Gasteiger partial charge in [0.25, 0.3) is 0 Å². The third-order valence-electron chi connectivity index (χ3n) is 4.70. The first-order valence-corrected chi connectivity index (χ1v) is 10.5. The minimum Gasteiger partial charge on any atom is -0.361 e. The van der Waals surface area contributed by atoms with Gasteiger partial charge in [-0.1, -0.05) is 48.5 Å². The molecule has 0 fully saturated rings. The fraction of sp³-hybridized carbons (Fsp3) is 0.182. The minimum atomic E-state index is -0.243. The average Bonchev–Trinajstić information content (AvgIpc) is 3.39. The van der Waals surface area contributed by atoms with Crippen molar-refractivity contribution in [2.24, 2.45) is 5.10 Å². The van der Waals surface area contributed by atoms with Crippen molar-refractivity contribution in [3.63, 3.8) is 0 Å². The molecule has 2 aromatic carbocycles. The maximum absolute atomic E-state index is 13.3. The van der Waals surface area contributed by atoms with Crippen LogP contribution in [0.5, 0.6) is 0 Å². The van der Waals surface area contributed by atoms with Crippen LogP contribution in [0.1, 0.15) is 28.5 Å². The zero-order chi connectivity index (χ0) is 19.3. The maximum atomic E-state index is 13.3. The summed E-state index contributed by atoms with van der Waals surface area (Å²) in [6.07, 6.45) is 1.64. The summed E-state index contributed by atoms with van der Waals surface area (Å²) in [5.41, 5.74) is 3.12. The molecule has 1 aromatic heterocycles. The third-order valence-corrected chi connectivity index (χ3v) is 6.01. The second-order valence-electron chi connectivity index (χ2n) is 6.60. The van der Waals surface area contributed by atoms with E-state index in [-0.39, 0.29) is 11.9 Å². The predicted molar refractivity (Wildman–Crippen MR) is 117 cm³/mol. The van der Waals surface area contributed by atoms with Crippen molar-refractivity contribution in [2.75, 3.05) is 6.54 Å². The third kappa shape index (κ3) is 4.29. The molecule has 3 aromatic rings. The van der Waals surface area contributed by atoms with Crippen molar-refractivity contribution in [3.8, 4) is 0 Å². The van der Waals surface area contributed by atoms with E-state index >= 15 is 0 Å². The van der Waals surface area contributed by atoms with Crippen LogP contribution in [0.4, 0.5) is 4.39 Å². The normalized spacial score (nSPS) is 16.1. The van der Waals surface area contributed by atoms with Gasteiger partial charge in [0.2, 0.25) is 0 Å². The Labute approximate surface area is 173 Å². The highest BCUT2D eigenvalue weighted by molar-refractivity contribution is 7.80. The fourth-order valence-corrected chi connectivity index (χ4v) is 4.34. The smallest absolute Gasteiger partial charge is 0.190 e. The van der Waals surface area contributed by atoms with Gasteiger partial charge in [-0.05, 0) is 53.3 Å². The van der Waals surface area contributed by atoms with Crippen molar-refractivity contribution in [3.05, 3.63) is 93.9 Å². The molecule has 0 bridgehead atoms. The Morgan fingerprint density at radius 1 is 1.11 bits per heavy atom. The van der Waals surface area contributed by atoms with E-state index in [1.165, 1.54) is 22.6 Å². The van der Waals surface area contributed by atoms with Gasteiger partial charge >= 0.3 is 0 Å². The van der Waals surface area contributed by atoms with Gasteiger partial charge in [0.15, 0.2) is 5.11 Å². The van der Waals surface area contributed by atoms with E-state index in [1.807, 2.05) is 29.3 Å². The molecule has 1 aliphatic rings. The highest BCUT2D eigenvalue weighted by atomic mass is 32.1. The lowest BCUT2D eigenvalue weighted by molar-refractivity contribution is 0.369. The van der Waals surface area contributed by atoms with Crippen molar-refractivity contribution in [1.29, 1.82) is 0 Å². The molecule has 1 unspecified atom stereocenters. The van der Waals surface area contributed by atoms with Gasteiger partial charge in [-0.3, -0.25) is 0 Å². The molecule has 3 nitrogen and oxygen atoms in total. The summed E-state index contributed by atoms with van der Waals surface area (Å²) in [6.45, 7) is 0.748. The summed E-state index contributed by atoms with van der Waals surface area (Å²) in [7, 11) is 0. The Balaban J connectivity index is 1.49. The lowest BCUT2D eigenvalue weighted by Crippen LogP contribution is -2.37. The van der Waals surface area contributed by atoms with Crippen molar-refractivity contribution >= 4 is 34.4 Å². The largest absolute Gasteiger partial charge is 0.361 e. The van der Waals surface area contributed by atoms with E-state index < -0.39 is 0 Å². The van der Waals surface area contributed by atoms with Crippen LogP contribution in [0, 0.1) is 5.82 Å². The molecule has 0 amide bonds. The van der Waals surface area contributed by atoms with Gasteiger partial charge in [-0.15, -0.1) is 11.3 Å². The second-order valence-corrected chi connectivity index (χ2v) is 7.97. The Bertz CT molecular complexity index is 953. The topological polar surface area (TPSA) is 27.6 Å². The number of hydrazone groups is 1. The molecule has 6 heteroatoms. The number of halogens is 1. The number of benzene rings is 2. The molecule has 0 aliphatic carbocycles. The van der Waals surface area contributed by atoms with Crippen LogP contribution in [-0.2, 0) is 6.42 Å². The summed E-state index contributed by atoms with van der Waals surface area (Å²) in [5.74, 6) is -0.243. The van der Waals surface area contributed by atoms with Gasteiger partial charge < -0.3 is 5.32 Å². The number of hydrogen-bond donors (Lipinski definition) is 1. The van der Waals surface area contributed by atoms with Gasteiger partial charge in [0.05, 0.1) is 11.8 Å². The first-order chi connectivity index (χ1) is 13.7. The van der Waals surface area contributed by atoms with Crippen LogP contribution in [0.25, 0.3) is 0 Å². The Kier molecular flexibility index (Phi) is 5.78. The Hall–Kier alpha value is -2.57. The molecular formula is C22H20FN3S2. The molecule has 28 heavy (non-hydrogen) atoms. The van der Waals surface area contributed by atoms with Gasteiger partial charge in [0.1, 0.15) is 5.82 Å².